The molecule has 5 heteroatoms. The molecule has 3 nitrogen and oxygen atoms in total. The molecule has 0 unspecified atom stereocenters. The van der Waals surface area contributed by atoms with Gasteiger partial charge in [-0.05, 0) is 40.2 Å². The molecule has 1 N–H and O–H groups in total. The zero-order chi connectivity index (χ0) is 11.7. The zero-order valence-corrected chi connectivity index (χ0v) is 11.4. The Balaban J connectivity index is 2.64. The summed E-state index contributed by atoms with van der Waals surface area (Å²) in [6, 6.07) is 0. The summed E-state index contributed by atoms with van der Waals surface area (Å²) >= 11 is 4.86. The van der Waals surface area contributed by atoms with Gasteiger partial charge in [0.2, 0.25) is 0 Å². The van der Waals surface area contributed by atoms with E-state index in [1.54, 1.807) is 11.3 Å². The van der Waals surface area contributed by atoms with Crippen LogP contribution in [0.15, 0.2) is 20.0 Å². The summed E-state index contributed by atoms with van der Waals surface area (Å²) in [7, 11) is 0. The van der Waals surface area contributed by atoms with Crippen LogP contribution in [0.5, 0.6) is 0 Å². The highest BCUT2D eigenvalue weighted by atomic mass is 79.9. The molecule has 0 aliphatic rings. The van der Waals surface area contributed by atoms with E-state index in [-0.39, 0.29) is 5.56 Å². The van der Waals surface area contributed by atoms with Crippen LogP contribution in [0.25, 0.3) is 11.4 Å². The minimum absolute atomic E-state index is 0.118. The normalized spacial score (nSPS) is 10.7. The molecule has 0 saturated carbocycles. The third kappa shape index (κ3) is 1.97. The van der Waals surface area contributed by atoms with Crippen LogP contribution in [0.2, 0.25) is 0 Å². The summed E-state index contributed by atoms with van der Waals surface area (Å²) in [5, 5.41) is 4.05. The lowest BCUT2D eigenvalue weighted by Gasteiger charge is -2.04. The number of hydrogen-bond acceptors (Lipinski definition) is 3. The lowest BCUT2D eigenvalue weighted by atomic mass is 10.2. The van der Waals surface area contributed by atoms with Gasteiger partial charge in [-0.2, -0.15) is 11.3 Å². The van der Waals surface area contributed by atoms with Gasteiger partial charge in [-0.1, -0.05) is 6.92 Å². The van der Waals surface area contributed by atoms with Crippen LogP contribution in [-0.4, -0.2) is 9.97 Å². The van der Waals surface area contributed by atoms with Gasteiger partial charge in [0, 0.05) is 10.9 Å². The SMILES string of the molecule is CCc1nc(-c2cscc2C)[nH]c(=O)c1Br. The Morgan fingerprint density at radius 3 is 2.81 bits per heavy atom. The summed E-state index contributed by atoms with van der Waals surface area (Å²) in [5.74, 6) is 0.656. The van der Waals surface area contributed by atoms with Crippen molar-refractivity contribution in [3.05, 3.63) is 36.8 Å². The Morgan fingerprint density at radius 2 is 2.25 bits per heavy atom. The fourth-order valence-corrected chi connectivity index (χ4v) is 2.77. The molecule has 0 spiro atoms. The Morgan fingerprint density at radius 1 is 1.50 bits per heavy atom. The van der Waals surface area contributed by atoms with E-state index in [1.807, 2.05) is 24.6 Å². The fourth-order valence-electron chi connectivity index (χ4n) is 1.47. The first-order valence-corrected chi connectivity index (χ1v) is 6.69. The van der Waals surface area contributed by atoms with Crippen molar-refractivity contribution >= 4 is 27.3 Å². The van der Waals surface area contributed by atoms with E-state index in [2.05, 4.69) is 25.9 Å². The number of hydrogen-bond donors (Lipinski definition) is 1. The van der Waals surface area contributed by atoms with Gasteiger partial charge in [-0.25, -0.2) is 4.98 Å². The predicted molar refractivity (Wildman–Crippen MR) is 70.0 cm³/mol. The Hall–Kier alpha value is -0.940. The largest absolute Gasteiger partial charge is 0.306 e. The van der Waals surface area contributed by atoms with Crippen LogP contribution in [0.4, 0.5) is 0 Å². The van der Waals surface area contributed by atoms with Crippen LogP contribution in [-0.2, 0) is 6.42 Å². The lowest BCUT2D eigenvalue weighted by Crippen LogP contribution is -2.13. The Kier molecular flexibility index (Phi) is 3.25. The summed E-state index contributed by atoms with van der Waals surface area (Å²) in [4.78, 5) is 18.9. The van der Waals surface area contributed by atoms with E-state index >= 15 is 0 Å². The van der Waals surface area contributed by atoms with Gasteiger partial charge in [0.25, 0.3) is 5.56 Å². The molecular weight excluding hydrogens is 288 g/mol. The van der Waals surface area contributed by atoms with Crippen molar-refractivity contribution in [3.63, 3.8) is 0 Å². The van der Waals surface area contributed by atoms with Crippen molar-refractivity contribution in [2.75, 3.05) is 0 Å². The van der Waals surface area contributed by atoms with E-state index in [0.717, 1.165) is 23.2 Å². The van der Waals surface area contributed by atoms with E-state index in [1.165, 1.54) is 0 Å². The monoisotopic (exact) mass is 298 g/mol. The first kappa shape index (κ1) is 11.5. The second-order valence-corrected chi connectivity index (χ2v) is 5.03. The van der Waals surface area contributed by atoms with Crippen LogP contribution in [0.1, 0.15) is 18.2 Å². The molecule has 0 aromatic carbocycles. The summed E-state index contributed by atoms with van der Waals surface area (Å²) < 4.78 is 0.534. The van der Waals surface area contributed by atoms with Crippen molar-refractivity contribution in [2.45, 2.75) is 20.3 Å². The second kappa shape index (κ2) is 4.51. The molecular formula is C11H11BrN2OS. The average molecular weight is 299 g/mol. The van der Waals surface area contributed by atoms with Crippen molar-refractivity contribution in [2.24, 2.45) is 0 Å². The van der Waals surface area contributed by atoms with Gasteiger partial charge < -0.3 is 4.98 Å². The smallest absolute Gasteiger partial charge is 0.265 e. The molecule has 0 fully saturated rings. The van der Waals surface area contributed by atoms with Crippen LogP contribution < -0.4 is 5.56 Å². The molecule has 0 radical (unpaired) electrons. The van der Waals surface area contributed by atoms with E-state index in [9.17, 15) is 4.79 Å². The molecule has 2 aromatic heterocycles. The number of aryl methyl sites for hydroxylation is 2. The number of thiophene rings is 1. The number of aromatic amines is 1. The molecule has 0 saturated heterocycles. The summed E-state index contributed by atoms with van der Waals surface area (Å²) in [6.07, 6.45) is 0.737. The van der Waals surface area contributed by atoms with Crippen LogP contribution in [0, 0.1) is 6.92 Å². The lowest BCUT2D eigenvalue weighted by molar-refractivity contribution is 0.970. The third-order valence-corrected chi connectivity index (χ3v) is 4.06. The number of aromatic nitrogens is 2. The first-order chi connectivity index (χ1) is 7.63. The molecule has 0 aliphatic heterocycles. The first-order valence-electron chi connectivity index (χ1n) is 4.95. The molecule has 0 atom stereocenters. The molecule has 0 amide bonds. The van der Waals surface area contributed by atoms with Crippen molar-refractivity contribution < 1.29 is 0 Å². The zero-order valence-electron chi connectivity index (χ0n) is 9.00. The van der Waals surface area contributed by atoms with Gasteiger partial charge in [0.15, 0.2) is 0 Å². The van der Waals surface area contributed by atoms with Gasteiger partial charge in [0.1, 0.15) is 10.3 Å². The highest BCUT2D eigenvalue weighted by molar-refractivity contribution is 9.10. The molecule has 2 heterocycles. The Labute approximate surface area is 106 Å². The van der Waals surface area contributed by atoms with Crippen molar-refractivity contribution in [1.29, 1.82) is 0 Å². The predicted octanol–water partition coefficient (Wildman–Crippen LogP) is 3.13. The molecule has 0 aliphatic carbocycles. The quantitative estimate of drug-likeness (QED) is 0.926. The van der Waals surface area contributed by atoms with E-state index in [4.69, 9.17) is 0 Å². The number of nitrogens with one attached hydrogen (secondary N) is 1. The van der Waals surface area contributed by atoms with Crippen molar-refractivity contribution in [1.82, 2.24) is 9.97 Å². The van der Waals surface area contributed by atoms with E-state index < -0.39 is 0 Å². The molecule has 2 rings (SSSR count). The molecule has 16 heavy (non-hydrogen) atoms. The third-order valence-electron chi connectivity index (χ3n) is 2.38. The Bertz CT molecular complexity index is 574. The maximum absolute atomic E-state index is 11.7. The molecule has 84 valence electrons. The number of nitrogens with zero attached hydrogens (tertiary/aromatic N) is 1. The number of halogens is 1. The van der Waals surface area contributed by atoms with Crippen LogP contribution in [0.3, 0.4) is 0 Å². The topological polar surface area (TPSA) is 45.8 Å². The average Bonchev–Trinajstić information content (AvgIpc) is 2.68. The van der Waals surface area contributed by atoms with Gasteiger partial charge in [0.05, 0.1) is 5.69 Å². The second-order valence-electron chi connectivity index (χ2n) is 3.50. The number of H-pyrrole nitrogens is 1. The van der Waals surface area contributed by atoms with Crippen molar-refractivity contribution in [3.8, 4) is 11.4 Å². The highest BCUT2D eigenvalue weighted by Crippen LogP contribution is 2.24. The summed E-state index contributed by atoms with van der Waals surface area (Å²) in [6.45, 7) is 4.00. The van der Waals surface area contributed by atoms with Gasteiger partial charge >= 0.3 is 0 Å². The molecule has 0 bridgehead atoms. The maximum Gasteiger partial charge on any atom is 0.265 e. The maximum atomic E-state index is 11.7. The van der Waals surface area contributed by atoms with E-state index in [0.29, 0.717) is 10.3 Å². The molecule has 2 aromatic rings. The fraction of sp³-hybridized carbons (Fsp3) is 0.273. The van der Waals surface area contributed by atoms with Crippen LogP contribution >= 0.6 is 27.3 Å². The summed E-state index contributed by atoms with van der Waals surface area (Å²) in [5.41, 5.74) is 2.82. The highest BCUT2D eigenvalue weighted by Gasteiger charge is 2.10. The van der Waals surface area contributed by atoms with Gasteiger partial charge in [-0.3, -0.25) is 4.79 Å². The minimum Gasteiger partial charge on any atom is -0.306 e. The van der Waals surface area contributed by atoms with Gasteiger partial charge in [-0.15, -0.1) is 0 Å². The standard InChI is InChI=1S/C11H11BrN2OS/c1-3-8-9(12)11(15)14-10(13-8)7-5-16-4-6(7)2/h4-5H,3H2,1-2H3,(H,13,14,15). The minimum atomic E-state index is -0.118. The number of rotatable bonds is 2.